The molecule has 0 bridgehead atoms. The van der Waals surface area contributed by atoms with Crippen molar-refractivity contribution in [2.75, 3.05) is 20.2 Å². The predicted octanol–water partition coefficient (Wildman–Crippen LogP) is 3.36. The van der Waals surface area contributed by atoms with Crippen molar-refractivity contribution in [2.24, 2.45) is 11.8 Å². The van der Waals surface area contributed by atoms with Crippen molar-refractivity contribution in [1.29, 1.82) is 0 Å². The molecule has 0 radical (unpaired) electrons. The minimum absolute atomic E-state index is 0.254. The van der Waals surface area contributed by atoms with Gasteiger partial charge >= 0.3 is 0 Å². The van der Waals surface area contributed by atoms with Gasteiger partial charge in [0.25, 0.3) is 0 Å². The van der Waals surface area contributed by atoms with Crippen molar-refractivity contribution in [3.63, 3.8) is 0 Å². The molecule has 0 amide bonds. The normalized spacial score (nSPS) is 32.1. The molecule has 2 heteroatoms. The Bertz CT molecular complexity index is 225. The quantitative estimate of drug-likeness (QED) is 0.767. The van der Waals surface area contributed by atoms with Crippen LogP contribution in [0.4, 0.5) is 0 Å². The molecule has 0 aromatic heterocycles. The molecule has 2 aliphatic carbocycles. The average molecular weight is 239 g/mol. The Morgan fingerprint density at radius 3 is 2.65 bits per heavy atom. The van der Waals surface area contributed by atoms with Crippen LogP contribution in [0.1, 0.15) is 58.3 Å². The smallest absolute Gasteiger partial charge is 0.0694 e. The second kappa shape index (κ2) is 6.19. The fourth-order valence-electron chi connectivity index (χ4n) is 3.40. The van der Waals surface area contributed by atoms with E-state index in [-0.39, 0.29) is 5.60 Å². The summed E-state index contributed by atoms with van der Waals surface area (Å²) >= 11 is 0. The molecule has 2 saturated carbocycles. The van der Waals surface area contributed by atoms with Gasteiger partial charge in [-0.05, 0) is 64.0 Å². The Morgan fingerprint density at radius 2 is 2.06 bits per heavy atom. The van der Waals surface area contributed by atoms with Gasteiger partial charge < -0.3 is 10.1 Å². The van der Waals surface area contributed by atoms with Crippen LogP contribution in [0.25, 0.3) is 0 Å². The predicted molar refractivity (Wildman–Crippen MR) is 72.2 cm³/mol. The molecule has 2 atom stereocenters. The summed E-state index contributed by atoms with van der Waals surface area (Å²) in [5.74, 6) is 1.76. The molecule has 2 rings (SSSR count). The van der Waals surface area contributed by atoms with E-state index in [0.29, 0.717) is 0 Å². The first-order valence-electron chi connectivity index (χ1n) is 7.53. The van der Waals surface area contributed by atoms with Gasteiger partial charge in [0.15, 0.2) is 0 Å². The zero-order valence-electron chi connectivity index (χ0n) is 11.6. The van der Waals surface area contributed by atoms with Crippen LogP contribution in [0, 0.1) is 11.8 Å². The van der Waals surface area contributed by atoms with Gasteiger partial charge in [-0.3, -0.25) is 0 Å². The first-order chi connectivity index (χ1) is 8.24. The first-order valence-corrected chi connectivity index (χ1v) is 7.53. The largest absolute Gasteiger partial charge is 0.375 e. The second-order valence-electron chi connectivity index (χ2n) is 6.34. The molecule has 0 spiro atoms. The van der Waals surface area contributed by atoms with E-state index in [9.17, 15) is 0 Å². The molecule has 0 heterocycles. The highest BCUT2D eigenvalue weighted by atomic mass is 16.5. The zero-order valence-corrected chi connectivity index (χ0v) is 11.6. The van der Waals surface area contributed by atoms with Gasteiger partial charge in [-0.25, -0.2) is 0 Å². The minimum atomic E-state index is 0.254. The van der Waals surface area contributed by atoms with Crippen molar-refractivity contribution in [3.8, 4) is 0 Å². The van der Waals surface area contributed by atoms with Crippen molar-refractivity contribution in [3.05, 3.63) is 0 Å². The highest BCUT2D eigenvalue weighted by Crippen LogP contribution is 2.40. The van der Waals surface area contributed by atoms with E-state index in [2.05, 4.69) is 12.2 Å². The molecule has 2 unspecified atom stereocenters. The lowest BCUT2D eigenvalue weighted by molar-refractivity contribution is -0.119. The number of rotatable bonds is 6. The van der Waals surface area contributed by atoms with Crippen LogP contribution in [-0.4, -0.2) is 25.8 Å². The fraction of sp³-hybridized carbons (Fsp3) is 1.00. The lowest BCUT2D eigenvalue weighted by Gasteiger charge is -2.43. The van der Waals surface area contributed by atoms with Gasteiger partial charge in [-0.1, -0.05) is 19.8 Å². The molecule has 2 aliphatic rings. The van der Waals surface area contributed by atoms with Gasteiger partial charge in [0, 0.05) is 0 Å². The Labute approximate surface area is 107 Å². The van der Waals surface area contributed by atoms with Gasteiger partial charge in [0.1, 0.15) is 0 Å². The third-order valence-electron chi connectivity index (χ3n) is 4.77. The minimum Gasteiger partial charge on any atom is -0.375 e. The Morgan fingerprint density at radius 1 is 1.24 bits per heavy atom. The third-order valence-corrected chi connectivity index (χ3v) is 4.77. The van der Waals surface area contributed by atoms with Crippen molar-refractivity contribution < 1.29 is 4.74 Å². The number of hydrogen-bond acceptors (Lipinski definition) is 2. The third kappa shape index (κ3) is 3.69. The van der Waals surface area contributed by atoms with Crippen LogP contribution >= 0.6 is 0 Å². The summed E-state index contributed by atoms with van der Waals surface area (Å²) in [5.41, 5.74) is 0.254. The summed E-state index contributed by atoms with van der Waals surface area (Å²) in [7, 11) is 2.04. The van der Waals surface area contributed by atoms with E-state index in [1.807, 2.05) is 7.05 Å². The summed E-state index contributed by atoms with van der Waals surface area (Å²) < 4.78 is 6.32. The number of hydrogen-bond donors (Lipinski definition) is 1. The molecule has 17 heavy (non-hydrogen) atoms. The molecule has 100 valence electrons. The van der Waals surface area contributed by atoms with E-state index in [1.54, 1.807) is 0 Å². The van der Waals surface area contributed by atoms with E-state index >= 15 is 0 Å². The Kier molecular flexibility index (Phi) is 4.87. The fourth-order valence-corrected chi connectivity index (χ4v) is 3.40. The number of ether oxygens (including phenoxy) is 1. The molecule has 2 fully saturated rings. The van der Waals surface area contributed by atoms with Crippen molar-refractivity contribution in [2.45, 2.75) is 63.9 Å². The molecule has 0 aliphatic heterocycles. The maximum atomic E-state index is 6.32. The Balaban J connectivity index is 1.71. The lowest BCUT2D eigenvalue weighted by Crippen LogP contribution is -2.43. The van der Waals surface area contributed by atoms with Gasteiger partial charge in [0.2, 0.25) is 0 Å². The summed E-state index contributed by atoms with van der Waals surface area (Å²) in [6.45, 7) is 4.52. The van der Waals surface area contributed by atoms with E-state index < -0.39 is 0 Å². The Hall–Kier alpha value is -0.0800. The highest BCUT2D eigenvalue weighted by molar-refractivity contribution is 4.90. The summed E-state index contributed by atoms with van der Waals surface area (Å²) in [6.07, 6.45) is 10.8. The molecule has 0 aromatic rings. The van der Waals surface area contributed by atoms with Crippen molar-refractivity contribution in [1.82, 2.24) is 5.32 Å². The van der Waals surface area contributed by atoms with Crippen LogP contribution in [0.5, 0.6) is 0 Å². The van der Waals surface area contributed by atoms with Gasteiger partial charge in [0.05, 0.1) is 12.2 Å². The van der Waals surface area contributed by atoms with Crippen molar-refractivity contribution >= 4 is 0 Å². The zero-order chi connectivity index (χ0) is 12.1. The van der Waals surface area contributed by atoms with Gasteiger partial charge in [-0.2, -0.15) is 0 Å². The maximum absolute atomic E-state index is 6.32. The molecule has 0 aromatic carbocycles. The van der Waals surface area contributed by atoms with E-state index in [1.165, 1.54) is 51.4 Å². The SMILES string of the molecule is CNCCC1(OCC2CCCC(C)C2)CCC1. The molecular formula is C15H29NO. The number of nitrogens with one attached hydrogen (secondary N) is 1. The lowest BCUT2D eigenvalue weighted by atomic mass is 9.77. The summed E-state index contributed by atoms with van der Waals surface area (Å²) in [6, 6.07) is 0. The van der Waals surface area contributed by atoms with Crippen LogP contribution in [-0.2, 0) is 4.74 Å². The van der Waals surface area contributed by atoms with Crippen LogP contribution in [0.2, 0.25) is 0 Å². The summed E-state index contributed by atoms with van der Waals surface area (Å²) in [4.78, 5) is 0. The molecule has 0 saturated heterocycles. The monoisotopic (exact) mass is 239 g/mol. The average Bonchev–Trinajstić information content (AvgIpc) is 2.27. The standard InChI is InChI=1S/C15H29NO/c1-13-5-3-6-14(11-13)12-17-15(7-4-8-15)9-10-16-2/h13-14,16H,3-12H2,1-2H3. The van der Waals surface area contributed by atoms with Crippen LogP contribution in [0.3, 0.4) is 0 Å². The molecule has 2 nitrogen and oxygen atoms in total. The maximum Gasteiger partial charge on any atom is 0.0694 e. The van der Waals surface area contributed by atoms with E-state index in [4.69, 9.17) is 4.74 Å². The topological polar surface area (TPSA) is 21.3 Å². The second-order valence-corrected chi connectivity index (χ2v) is 6.34. The highest BCUT2D eigenvalue weighted by Gasteiger charge is 2.38. The first kappa shape index (κ1) is 13.4. The van der Waals surface area contributed by atoms with Crippen LogP contribution < -0.4 is 5.32 Å². The molecular weight excluding hydrogens is 210 g/mol. The summed E-state index contributed by atoms with van der Waals surface area (Å²) in [5, 5.41) is 3.26. The molecule has 1 N–H and O–H groups in total. The van der Waals surface area contributed by atoms with Crippen LogP contribution in [0.15, 0.2) is 0 Å². The van der Waals surface area contributed by atoms with Gasteiger partial charge in [-0.15, -0.1) is 0 Å². The van der Waals surface area contributed by atoms with E-state index in [0.717, 1.165) is 25.0 Å².